The van der Waals surface area contributed by atoms with Gasteiger partial charge in [0.2, 0.25) is 0 Å². The Hall–Kier alpha value is -0.0900. The zero-order valence-corrected chi connectivity index (χ0v) is 10.6. The van der Waals surface area contributed by atoms with Gasteiger partial charge in [-0.2, -0.15) is 0 Å². The molecule has 1 saturated heterocycles. The third-order valence-electron chi connectivity index (χ3n) is 3.20. The molecule has 1 nitrogen and oxygen atoms in total. The number of nitrogens with zero attached hydrogens (tertiary/aromatic N) is 1. The van der Waals surface area contributed by atoms with Gasteiger partial charge in [-0.3, -0.25) is 4.90 Å². The monoisotopic (exact) mass is 301 g/mol. The zero-order chi connectivity index (χ0) is 9.97. The molecule has 0 unspecified atom stereocenters. The lowest BCUT2D eigenvalue weighted by atomic mass is 10.1. The summed E-state index contributed by atoms with van der Waals surface area (Å²) in [6.45, 7) is 0. The van der Waals surface area contributed by atoms with E-state index in [2.05, 4.69) is 64.9 Å². The lowest BCUT2D eigenvalue weighted by Gasteiger charge is -2.24. The van der Waals surface area contributed by atoms with E-state index < -0.39 is 0 Å². The Morgan fingerprint density at radius 2 is 2.00 bits per heavy atom. The summed E-state index contributed by atoms with van der Waals surface area (Å²) >= 11 is 2.49. The predicted molar refractivity (Wildman–Crippen MR) is 68.9 cm³/mol. The van der Waals surface area contributed by atoms with Gasteiger partial charge in [-0.15, -0.1) is 0 Å². The Morgan fingerprint density at radius 1 is 1.29 bits per heavy atom. The lowest BCUT2D eigenvalue weighted by Crippen LogP contribution is -2.28. The minimum atomic E-state index is 0.649. The molecule has 1 heterocycles. The van der Waals surface area contributed by atoms with Gasteiger partial charge >= 0.3 is 0 Å². The van der Waals surface area contributed by atoms with Crippen molar-refractivity contribution in [2.24, 2.45) is 0 Å². The number of halogens is 1. The topological polar surface area (TPSA) is 3.24 Å². The number of likely N-dealkylation sites (tertiary alicyclic amines) is 1. The van der Waals surface area contributed by atoms with Crippen LogP contribution in [0.1, 0.15) is 24.4 Å². The lowest BCUT2D eigenvalue weighted by molar-refractivity contribution is 0.262. The summed E-state index contributed by atoms with van der Waals surface area (Å²) in [6.07, 6.45) is 2.66. The van der Waals surface area contributed by atoms with E-state index in [9.17, 15) is 0 Å². The van der Waals surface area contributed by atoms with Crippen molar-refractivity contribution < 1.29 is 0 Å². The van der Waals surface area contributed by atoms with Crippen LogP contribution in [0.25, 0.3) is 0 Å². The highest BCUT2D eigenvalue weighted by Crippen LogP contribution is 2.34. The number of hydrogen-bond acceptors (Lipinski definition) is 1. The van der Waals surface area contributed by atoms with Crippen LogP contribution >= 0.6 is 22.6 Å². The first kappa shape index (κ1) is 10.4. The molecule has 0 aromatic heterocycles. The van der Waals surface area contributed by atoms with E-state index in [1.54, 1.807) is 0 Å². The molecule has 1 aromatic rings. The summed E-state index contributed by atoms with van der Waals surface area (Å²) in [6, 6.07) is 12.3. The summed E-state index contributed by atoms with van der Waals surface area (Å²) in [7, 11) is 2.26. The van der Waals surface area contributed by atoms with Crippen molar-refractivity contribution in [1.82, 2.24) is 4.90 Å². The van der Waals surface area contributed by atoms with Crippen molar-refractivity contribution in [3.05, 3.63) is 35.9 Å². The first-order valence-corrected chi connectivity index (χ1v) is 6.68. The Labute approximate surface area is 99.6 Å². The van der Waals surface area contributed by atoms with Crippen molar-refractivity contribution in [1.29, 1.82) is 0 Å². The van der Waals surface area contributed by atoms with Crippen LogP contribution in [0.2, 0.25) is 0 Å². The fraction of sp³-hybridized carbons (Fsp3) is 0.500. The average Bonchev–Trinajstić information content (AvgIpc) is 2.61. The van der Waals surface area contributed by atoms with Crippen LogP contribution in [0.3, 0.4) is 0 Å². The second-order valence-electron chi connectivity index (χ2n) is 3.98. The van der Waals surface area contributed by atoms with Gasteiger partial charge in [-0.1, -0.05) is 52.9 Å². The van der Waals surface area contributed by atoms with Crippen LogP contribution in [0, 0.1) is 0 Å². The third kappa shape index (κ3) is 1.96. The van der Waals surface area contributed by atoms with Crippen molar-refractivity contribution in [3.8, 4) is 0 Å². The Balaban J connectivity index is 2.14. The maximum Gasteiger partial charge on any atom is 0.0348 e. The molecule has 0 amide bonds. The van der Waals surface area contributed by atoms with Gasteiger partial charge in [-0.25, -0.2) is 0 Å². The summed E-state index contributed by atoms with van der Waals surface area (Å²) in [5, 5.41) is 0. The van der Waals surface area contributed by atoms with Crippen molar-refractivity contribution in [2.45, 2.75) is 24.9 Å². The van der Waals surface area contributed by atoms with E-state index in [4.69, 9.17) is 0 Å². The molecule has 14 heavy (non-hydrogen) atoms. The largest absolute Gasteiger partial charge is 0.296 e. The van der Waals surface area contributed by atoms with Crippen LogP contribution in [0.15, 0.2) is 30.3 Å². The van der Waals surface area contributed by atoms with E-state index in [-0.39, 0.29) is 0 Å². The highest BCUT2D eigenvalue weighted by atomic mass is 127. The second-order valence-corrected chi connectivity index (χ2v) is 4.86. The van der Waals surface area contributed by atoms with Crippen LogP contribution in [-0.4, -0.2) is 22.4 Å². The van der Waals surface area contributed by atoms with Gasteiger partial charge < -0.3 is 0 Å². The maximum absolute atomic E-state index is 2.53. The van der Waals surface area contributed by atoms with E-state index >= 15 is 0 Å². The fourth-order valence-electron chi connectivity index (χ4n) is 2.27. The molecule has 1 fully saturated rings. The van der Waals surface area contributed by atoms with E-state index in [0.29, 0.717) is 6.04 Å². The average molecular weight is 301 g/mol. The molecule has 0 bridgehead atoms. The molecule has 76 valence electrons. The molecular formula is C12H16IN. The molecule has 0 aliphatic carbocycles. The zero-order valence-electron chi connectivity index (χ0n) is 8.49. The molecule has 1 aromatic carbocycles. The van der Waals surface area contributed by atoms with Gasteiger partial charge in [0.05, 0.1) is 0 Å². The van der Waals surface area contributed by atoms with Crippen LogP contribution < -0.4 is 0 Å². The Kier molecular flexibility index (Phi) is 3.44. The quantitative estimate of drug-likeness (QED) is 0.599. The molecule has 2 heteroatoms. The molecule has 0 saturated carbocycles. The smallest absolute Gasteiger partial charge is 0.0348 e. The van der Waals surface area contributed by atoms with Gasteiger partial charge in [0.1, 0.15) is 0 Å². The van der Waals surface area contributed by atoms with E-state index in [1.165, 1.54) is 22.8 Å². The van der Waals surface area contributed by atoms with Gasteiger partial charge in [-0.05, 0) is 25.5 Å². The number of hydrogen-bond donors (Lipinski definition) is 0. The van der Waals surface area contributed by atoms with Gasteiger partial charge in [0.15, 0.2) is 0 Å². The Morgan fingerprint density at radius 3 is 2.57 bits per heavy atom. The van der Waals surface area contributed by atoms with Crippen molar-refractivity contribution >= 4 is 22.6 Å². The number of rotatable bonds is 2. The highest BCUT2D eigenvalue weighted by molar-refractivity contribution is 14.1. The molecule has 1 aliphatic heterocycles. The minimum Gasteiger partial charge on any atom is -0.296 e. The minimum absolute atomic E-state index is 0.649. The standard InChI is InChI=1S/C12H16IN/c1-14-11(9-13)7-8-12(14)10-5-3-2-4-6-10/h2-6,11-12H,7-9H2,1H3/t11-,12-/m1/s1. The van der Waals surface area contributed by atoms with Gasteiger partial charge in [0.25, 0.3) is 0 Å². The Bertz CT molecular complexity index is 286. The summed E-state index contributed by atoms with van der Waals surface area (Å²) in [4.78, 5) is 2.53. The van der Waals surface area contributed by atoms with Crippen LogP contribution in [0.4, 0.5) is 0 Å². The van der Waals surface area contributed by atoms with Crippen molar-refractivity contribution in [3.63, 3.8) is 0 Å². The SMILES string of the molecule is CN1[C@@H](CI)CC[C@@H]1c1ccccc1. The molecule has 0 N–H and O–H groups in total. The second kappa shape index (κ2) is 4.62. The van der Waals surface area contributed by atoms with E-state index in [0.717, 1.165) is 6.04 Å². The molecule has 0 radical (unpaired) electrons. The number of alkyl halides is 1. The summed E-state index contributed by atoms with van der Waals surface area (Å²) in [5.41, 5.74) is 1.47. The number of benzene rings is 1. The summed E-state index contributed by atoms with van der Waals surface area (Å²) < 4.78 is 1.25. The van der Waals surface area contributed by atoms with Crippen LogP contribution in [-0.2, 0) is 0 Å². The predicted octanol–water partition coefficient (Wildman–Crippen LogP) is 3.26. The maximum atomic E-state index is 2.53. The highest BCUT2D eigenvalue weighted by Gasteiger charge is 2.30. The van der Waals surface area contributed by atoms with Crippen LogP contribution in [0.5, 0.6) is 0 Å². The van der Waals surface area contributed by atoms with Crippen molar-refractivity contribution in [2.75, 3.05) is 11.5 Å². The normalized spacial score (nSPS) is 28.1. The summed E-state index contributed by atoms with van der Waals surface area (Å²) in [5.74, 6) is 0. The fourth-order valence-corrected chi connectivity index (χ4v) is 3.34. The first-order chi connectivity index (χ1) is 6.83. The molecule has 2 atom stereocenters. The molecule has 2 rings (SSSR count). The third-order valence-corrected chi connectivity index (χ3v) is 4.22. The molecule has 1 aliphatic rings. The molecular weight excluding hydrogens is 285 g/mol. The van der Waals surface area contributed by atoms with Gasteiger partial charge in [0, 0.05) is 16.5 Å². The van der Waals surface area contributed by atoms with E-state index in [1.807, 2.05) is 0 Å². The molecule has 0 spiro atoms. The first-order valence-electron chi connectivity index (χ1n) is 5.15.